The SMILES string of the molecule is Cc1c(C(=O)O)sc2ncnc(Nc3ccc(Cl)c([N+](=O)[O-])c3)c12. The van der Waals surface area contributed by atoms with Gasteiger partial charge in [-0.15, -0.1) is 11.3 Å². The third kappa shape index (κ3) is 2.74. The molecule has 0 saturated carbocycles. The molecule has 3 rings (SSSR count). The fourth-order valence-corrected chi connectivity index (χ4v) is 3.41. The van der Waals surface area contributed by atoms with Crippen LogP contribution >= 0.6 is 22.9 Å². The Morgan fingerprint density at radius 1 is 1.42 bits per heavy atom. The molecule has 0 amide bonds. The molecule has 10 heteroatoms. The zero-order chi connectivity index (χ0) is 17.4. The van der Waals surface area contributed by atoms with Crippen molar-refractivity contribution >= 4 is 56.3 Å². The Morgan fingerprint density at radius 3 is 2.83 bits per heavy atom. The molecule has 2 heterocycles. The number of nitro groups is 1. The van der Waals surface area contributed by atoms with E-state index in [1.54, 1.807) is 13.0 Å². The zero-order valence-corrected chi connectivity index (χ0v) is 13.7. The number of hydrogen-bond acceptors (Lipinski definition) is 7. The van der Waals surface area contributed by atoms with Gasteiger partial charge in [-0.1, -0.05) is 11.6 Å². The van der Waals surface area contributed by atoms with Crippen molar-refractivity contribution in [1.82, 2.24) is 9.97 Å². The minimum atomic E-state index is -1.04. The summed E-state index contributed by atoms with van der Waals surface area (Å²) in [6.45, 7) is 1.67. The Bertz CT molecular complexity index is 988. The minimum Gasteiger partial charge on any atom is -0.477 e. The molecule has 0 saturated heterocycles. The predicted octanol–water partition coefficient (Wildman–Crippen LogP) is 4.00. The molecule has 0 bridgehead atoms. The van der Waals surface area contributed by atoms with E-state index in [-0.39, 0.29) is 15.6 Å². The van der Waals surface area contributed by atoms with E-state index >= 15 is 0 Å². The Hall–Kier alpha value is -2.78. The summed E-state index contributed by atoms with van der Waals surface area (Å²) in [4.78, 5) is 30.6. The zero-order valence-electron chi connectivity index (χ0n) is 12.1. The van der Waals surface area contributed by atoms with Crippen LogP contribution in [0.1, 0.15) is 15.2 Å². The Balaban J connectivity index is 2.09. The highest BCUT2D eigenvalue weighted by molar-refractivity contribution is 7.20. The number of nitrogens with zero attached hydrogens (tertiary/aromatic N) is 3. The molecular weight excluding hydrogens is 356 g/mol. The second-order valence-corrected chi connectivity index (χ2v) is 6.22. The molecule has 1 aromatic carbocycles. The van der Waals surface area contributed by atoms with E-state index in [1.165, 1.54) is 18.5 Å². The van der Waals surface area contributed by atoms with E-state index in [4.69, 9.17) is 11.6 Å². The number of hydrogen-bond donors (Lipinski definition) is 2. The highest BCUT2D eigenvalue weighted by atomic mass is 35.5. The van der Waals surface area contributed by atoms with Crippen LogP contribution in [0, 0.1) is 17.0 Å². The summed E-state index contributed by atoms with van der Waals surface area (Å²) >= 11 is 6.84. The number of rotatable bonds is 4. The van der Waals surface area contributed by atoms with Gasteiger partial charge >= 0.3 is 5.97 Å². The van der Waals surface area contributed by atoms with Gasteiger partial charge in [0.1, 0.15) is 26.9 Å². The molecule has 0 spiro atoms. The monoisotopic (exact) mass is 364 g/mol. The first kappa shape index (κ1) is 16.1. The molecule has 0 aliphatic rings. The molecule has 8 nitrogen and oxygen atoms in total. The Labute approximate surface area is 143 Å². The van der Waals surface area contributed by atoms with Crippen LogP contribution in [0.5, 0.6) is 0 Å². The minimum absolute atomic E-state index is 0.0262. The molecule has 0 radical (unpaired) electrons. The Kier molecular flexibility index (Phi) is 4.04. The molecule has 122 valence electrons. The van der Waals surface area contributed by atoms with Crippen LogP contribution in [0.15, 0.2) is 24.5 Å². The van der Waals surface area contributed by atoms with Crippen LogP contribution in [0.2, 0.25) is 5.02 Å². The highest BCUT2D eigenvalue weighted by Crippen LogP contribution is 2.35. The maximum absolute atomic E-state index is 11.3. The van der Waals surface area contributed by atoms with E-state index in [1.807, 2.05) is 0 Å². The van der Waals surface area contributed by atoms with Crippen molar-refractivity contribution in [1.29, 1.82) is 0 Å². The lowest BCUT2D eigenvalue weighted by atomic mass is 10.2. The number of carboxylic acid groups (broad SMARTS) is 1. The van der Waals surface area contributed by atoms with Crippen LogP contribution in [-0.4, -0.2) is 26.0 Å². The van der Waals surface area contributed by atoms with Gasteiger partial charge in [0.05, 0.1) is 10.3 Å². The van der Waals surface area contributed by atoms with Gasteiger partial charge in [0.2, 0.25) is 0 Å². The number of aromatic nitrogens is 2. The topological polar surface area (TPSA) is 118 Å². The summed E-state index contributed by atoms with van der Waals surface area (Å²) in [6.07, 6.45) is 1.30. The average Bonchev–Trinajstić information content (AvgIpc) is 2.87. The lowest BCUT2D eigenvalue weighted by Gasteiger charge is -2.07. The number of halogens is 1. The summed E-state index contributed by atoms with van der Waals surface area (Å²) < 4.78 is 0. The number of benzene rings is 1. The van der Waals surface area contributed by atoms with E-state index in [0.29, 0.717) is 27.3 Å². The average molecular weight is 365 g/mol. The number of carbonyl (C=O) groups is 1. The molecular formula is C14H9ClN4O4S. The second-order valence-electron chi connectivity index (χ2n) is 4.81. The molecule has 0 fully saturated rings. The normalized spacial score (nSPS) is 10.8. The summed E-state index contributed by atoms with van der Waals surface area (Å²) in [6, 6.07) is 4.27. The number of nitrogens with one attached hydrogen (secondary N) is 1. The van der Waals surface area contributed by atoms with Crippen molar-refractivity contribution in [3.8, 4) is 0 Å². The summed E-state index contributed by atoms with van der Waals surface area (Å²) in [5, 5.41) is 23.8. The highest BCUT2D eigenvalue weighted by Gasteiger charge is 2.19. The second kappa shape index (κ2) is 6.02. The van der Waals surface area contributed by atoms with Crippen molar-refractivity contribution < 1.29 is 14.8 Å². The number of thiophene rings is 1. The predicted molar refractivity (Wildman–Crippen MR) is 90.5 cm³/mol. The smallest absolute Gasteiger partial charge is 0.346 e. The number of aromatic carboxylic acids is 1. The molecule has 2 aromatic heterocycles. The van der Waals surface area contributed by atoms with Gasteiger partial charge < -0.3 is 10.4 Å². The van der Waals surface area contributed by atoms with Crippen molar-refractivity contribution in [3.63, 3.8) is 0 Å². The van der Waals surface area contributed by atoms with Crippen molar-refractivity contribution in [2.75, 3.05) is 5.32 Å². The maximum atomic E-state index is 11.3. The van der Waals surface area contributed by atoms with Crippen LogP contribution < -0.4 is 5.32 Å². The third-order valence-electron chi connectivity index (χ3n) is 3.33. The number of nitro benzene ring substituents is 1. The summed E-state index contributed by atoms with van der Waals surface area (Å²) in [7, 11) is 0. The fourth-order valence-electron chi connectivity index (χ4n) is 2.24. The molecule has 0 unspecified atom stereocenters. The number of aryl methyl sites for hydroxylation is 1. The van der Waals surface area contributed by atoms with E-state index in [2.05, 4.69) is 15.3 Å². The molecule has 3 aromatic rings. The van der Waals surface area contributed by atoms with E-state index < -0.39 is 10.9 Å². The van der Waals surface area contributed by atoms with Crippen LogP contribution in [0.3, 0.4) is 0 Å². The van der Waals surface area contributed by atoms with Crippen molar-refractivity contribution in [2.24, 2.45) is 0 Å². The standard InChI is InChI=1S/C14H9ClN4O4S/c1-6-10-12(16-5-17-13(10)24-11(6)14(20)21)18-7-2-3-8(15)9(4-7)19(22)23/h2-5H,1H3,(H,20,21)(H,16,17,18). The van der Waals surface area contributed by atoms with Gasteiger partial charge in [-0.05, 0) is 24.6 Å². The van der Waals surface area contributed by atoms with Gasteiger partial charge in [0.15, 0.2) is 0 Å². The Morgan fingerprint density at radius 2 is 2.17 bits per heavy atom. The number of anilines is 2. The summed E-state index contributed by atoms with van der Waals surface area (Å²) in [5.41, 5.74) is 0.711. The molecule has 0 aliphatic heterocycles. The quantitative estimate of drug-likeness (QED) is 0.530. The van der Waals surface area contributed by atoms with Gasteiger partial charge in [0, 0.05) is 11.8 Å². The van der Waals surface area contributed by atoms with Gasteiger partial charge in [-0.25, -0.2) is 14.8 Å². The molecule has 24 heavy (non-hydrogen) atoms. The van der Waals surface area contributed by atoms with Gasteiger partial charge in [0.25, 0.3) is 5.69 Å². The van der Waals surface area contributed by atoms with E-state index in [9.17, 15) is 20.0 Å². The third-order valence-corrected chi connectivity index (χ3v) is 4.83. The van der Waals surface area contributed by atoms with Crippen LogP contribution in [0.25, 0.3) is 10.2 Å². The molecule has 2 N–H and O–H groups in total. The van der Waals surface area contributed by atoms with Crippen molar-refractivity contribution in [3.05, 3.63) is 50.1 Å². The molecule has 0 aliphatic carbocycles. The number of fused-ring (bicyclic) bond motifs is 1. The summed E-state index contributed by atoms with van der Waals surface area (Å²) in [5.74, 6) is -0.665. The first-order valence-corrected chi connectivity index (χ1v) is 7.76. The van der Waals surface area contributed by atoms with E-state index in [0.717, 1.165) is 11.3 Å². The van der Waals surface area contributed by atoms with Gasteiger partial charge in [-0.2, -0.15) is 0 Å². The fraction of sp³-hybridized carbons (Fsp3) is 0.0714. The van der Waals surface area contributed by atoms with Crippen LogP contribution in [-0.2, 0) is 0 Å². The maximum Gasteiger partial charge on any atom is 0.346 e. The first-order valence-electron chi connectivity index (χ1n) is 6.57. The largest absolute Gasteiger partial charge is 0.477 e. The number of carboxylic acids is 1. The van der Waals surface area contributed by atoms with Crippen LogP contribution in [0.4, 0.5) is 17.2 Å². The lowest BCUT2D eigenvalue weighted by Crippen LogP contribution is -1.98. The van der Waals surface area contributed by atoms with Gasteiger partial charge in [-0.3, -0.25) is 10.1 Å². The molecule has 0 atom stereocenters. The van der Waals surface area contributed by atoms with Crippen molar-refractivity contribution in [2.45, 2.75) is 6.92 Å². The first-order chi connectivity index (χ1) is 11.4. The lowest BCUT2D eigenvalue weighted by molar-refractivity contribution is -0.384.